The van der Waals surface area contributed by atoms with Gasteiger partial charge in [0.15, 0.2) is 5.76 Å². The molecule has 1 aromatic carbocycles. The summed E-state index contributed by atoms with van der Waals surface area (Å²) in [5, 5.41) is 14.8. The molecule has 0 fully saturated rings. The molecule has 0 aliphatic carbocycles. The Morgan fingerprint density at radius 2 is 2.10 bits per heavy atom. The van der Waals surface area contributed by atoms with Crippen LogP contribution in [0.1, 0.15) is 16.1 Å². The number of nitrogens with one attached hydrogen (secondary N) is 1. The maximum atomic E-state index is 10.8. The van der Waals surface area contributed by atoms with Crippen molar-refractivity contribution in [3.05, 3.63) is 60.0 Å². The number of rotatable bonds is 4. The summed E-state index contributed by atoms with van der Waals surface area (Å²) >= 11 is 0. The molecule has 0 aliphatic heterocycles. The first-order valence-corrected chi connectivity index (χ1v) is 6.12. The van der Waals surface area contributed by atoms with Crippen LogP contribution in [-0.2, 0) is 6.54 Å². The van der Waals surface area contributed by atoms with Crippen LogP contribution in [-0.4, -0.2) is 11.0 Å². The average Bonchev–Trinajstić information content (AvgIpc) is 2.91. The van der Waals surface area contributed by atoms with Gasteiger partial charge < -0.3 is 19.6 Å². The molecule has 2 aromatic heterocycles. The van der Waals surface area contributed by atoms with Crippen molar-refractivity contribution in [2.45, 2.75) is 6.54 Å². The van der Waals surface area contributed by atoms with Crippen LogP contribution in [0.5, 0.6) is 0 Å². The molecular weight excluding hydrogens is 279 g/mol. The number of aromatic nitrogens is 1. The van der Waals surface area contributed by atoms with Crippen molar-refractivity contribution in [2.75, 3.05) is 5.32 Å². The van der Waals surface area contributed by atoms with Crippen LogP contribution in [0.2, 0.25) is 0 Å². The van der Waals surface area contributed by atoms with Crippen molar-refractivity contribution < 1.29 is 43.9 Å². The Morgan fingerprint density at radius 3 is 2.81 bits per heavy atom. The average molecular weight is 290 g/mol. The molecule has 0 spiro atoms. The Morgan fingerprint density at radius 1 is 1.24 bits per heavy atom. The van der Waals surface area contributed by atoms with Crippen LogP contribution in [0.25, 0.3) is 11.0 Å². The quantitative estimate of drug-likeness (QED) is 0.611. The van der Waals surface area contributed by atoms with E-state index in [9.17, 15) is 9.90 Å². The third kappa shape index (κ3) is 3.44. The number of furan rings is 1. The zero-order chi connectivity index (χ0) is 13.9. The van der Waals surface area contributed by atoms with E-state index in [1.165, 1.54) is 6.07 Å². The van der Waals surface area contributed by atoms with Gasteiger partial charge in [-0.25, -0.2) is 4.98 Å². The second kappa shape index (κ2) is 6.76. The molecule has 0 amide bonds. The molecular formula is C15H11N2NaO3. The minimum Gasteiger partial charge on any atom is -0.542 e. The summed E-state index contributed by atoms with van der Waals surface area (Å²) in [6, 6.07) is 12.5. The standard InChI is InChI=1S/C15H12N2O3.Na/c18-15(19)13-8-11-10(4-3-5-12(11)20-13)9-17-14-6-1-2-7-16-14;/h1-8H,9H2,(H,16,17)(H,18,19);/q;+1/p-1. The minimum atomic E-state index is -1.31. The monoisotopic (exact) mass is 290 g/mol. The maximum Gasteiger partial charge on any atom is 1.00 e. The van der Waals surface area contributed by atoms with Crippen LogP contribution in [0.3, 0.4) is 0 Å². The Hall–Kier alpha value is -1.82. The summed E-state index contributed by atoms with van der Waals surface area (Å²) in [5.74, 6) is -0.719. The van der Waals surface area contributed by atoms with E-state index in [4.69, 9.17) is 4.42 Å². The fourth-order valence-corrected chi connectivity index (χ4v) is 2.03. The topological polar surface area (TPSA) is 78.2 Å². The predicted molar refractivity (Wildman–Crippen MR) is 72.1 cm³/mol. The van der Waals surface area contributed by atoms with E-state index in [0.29, 0.717) is 12.1 Å². The number of pyridine rings is 1. The van der Waals surface area contributed by atoms with Gasteiger partial charge in [0.1, 0.15) is 17.4 Å². The summed E-state index contributed by atoms with van der Waals surface area (Å²) in [7, 11) is 0. The van der Waals surface area contributed by atoms with Gasteiger partial charge in [0.05, 0.1) is 0 Å². The van der Waals surface area contributed by atoms with Crippen molar-refractivity contribution in [1.29, 1.82) is 0 Å². The predicted octanol–water partition coefficient (Wildman–Crippen LogP) is -1.19. The van der Waals surface area contributed by atoms with E-state index in [-0.39, 0.29) is 35.3 Å². The first-order valence-electron chi connectivity index (χ1n) is 6.12. The number of benzene rings is 1. The number of hydrogen-bond acceptors (Lipinski definition) is 5. The summed E-state index contributed by atoms with van der Waals surface area (Å²) in [6.07, 6.45) is 1.70. The number of fused-ring (bicyclic) bond motifs is 1. The van der Waals surface area contributed by atoms with E-state index in [2.05, 4.69) is 10.3 Å². The van der Waals surface area contributed by atoms with Gasteiger partial charge in [-0.1, -0.05) is 18.2 Å². The SMILES string of the molecule is O=C([O-])c1cc2c(CNc3ccccn3)cccc2o1.[Na+]. The summed E-state index contributed by atoms with van der Waals surface area (Å²) in [5.41, 5.74) is 1.47. The van der Waals surface area contributed by atoms with Crippen LogP contribution >= 0.6 is 0 Å². The van der Waals surface area contributed by atoms with Crippen LogP contribution in [0.15, 0.2) is 53.1 Å². The molecule has 3 rings (SSSR count). The van der Waals surface area contributed by atoms with E-state index in [0.717, 1.165) is 16.8 Å². The van der Waals surface area contributed by atoms with Gasteiger partial charge in [-0.2, -0.15) is 0 Å². The van der Waals surface area contributed by atoms with E-state index in [1.807, 2.05) is 30.3 Å². The second-order valence-corrected chi connectivity index (χ2v) is 4.30. The van der Waals surface area contributed by atoms with Crippen molar-refractivity contribution in [3.8, 4) is 0 Å². The number of anilines is 1. The van der Waals surface area contributed by atoms with Crippen LogP contribution in [0, 0.1) is 0 Å². The Kier molecular flexibility index (Phi) is 5.01. The Bertz CT molecular complexity index is 756. The van der Waals surface area contributed by atoms with Crippen molar-refractivity contribution >= 4 is 22.8 Å². The van der Waals surface area contributed by atoms with Crippen LogP contribution in [0.4, 0.5) is 5.82 Å². The fourth-order valence-electron chi connectivity index (χ4n) is 2.03. The third-order valence-electron chi connectivity index (χ3n) is 2.98. The van der Waals surface area contributed by atoms with Gasteiger partial charge in [-0.3, -0.25) is 0 Å². The molecule has 2 heterocycles. The summed E-state index contributed by atoms with van der Waals surface area (Å²) in [6.45, 7) is 0.528. The first kappa shape index (κ1) is 15.6. The number of hydrogen-bond donors (Lipinski definition) is 1. The molecule has 3 aromatic rings. The van der Waals surface area contributed by atoms with Crippen LogP contribution < -0.4 is 40.0 Å². The van der Waals surface area contributed by atoms with Gasteiger partial charge in [-0.15, -0.1) is 0 Å². The molecule has 0 atom stereocenters. The number of nitrogens with zero attached hydrogens (tertiary/aromatic N) is 1. The number of aromatic carboxylic acids is 1. The zero-order valence-electron chi connectivity index (χ0n) is 11.5. The van der Waals surface area contributed by atoms with Crippen molar-refractivity contribution in [1.82, 2.24) is 4.98 Å². The molecule has 21 heavy (non-hydrogen) atoms. The molecule has 0 saturated heterocycles. The molecule has 0 radical (unpaired) electrons. The maximum absolute atomic E-state index is 10.8. The van der Waals surface area contributed by atoms with Gasteiger partial charge in [0.2, 0.25) is 0 Å². The van der Waals surface area contributed by atoms with Crippen molar-refractivity contribution in [3.63, 3.8) is 0 Å². The van der Waals surface area contributed by atoms with E-state index in [1.54, 1.807) is 12.3 Å². The molecule has 1 N–H and O–H groups in total. The van der Waals surface area contributed by atoms with Crippen molar-refractivity contribution in [2.24, 2.45) is 0 Å². The largest absolute Gasteiger partial charge is 1.00 e. The summed E-state index contributed by atoms with van der Waals surface area (Å²) in [4.78, 5) is 15.0. The number of carboxylic acids is 1. The molecule has 0 unspecified atom stereocenters. The molecule has 6 heteroatoms. The molecule has 0 saturated carbocycles. The third-order valence-corrected chi connectivity index (χ3v) is 2.98. The van der Waals surface area contributed by atoms with E-state index >= 15 is 0 Å². The first-order chi connectivity index (χ1) is 9.74. The number of carbonyl (C=O) groups excluding carboxylic acids is 1. The summed E-state index contributed by atoms with van der Waals surface area (Å²) < 4.78 is 5.22. The smallest absolute Gasteiger partial charge is 0.542 e. The Balaban J connectivity index is 0.00000161. The van der Waals surface area contributed by atoms with E-state index < -0.39 is 5.97 Å². The Labute approximate surface area is 143 Å². The van der Waals surface area contributed by atoms with Gasteiger partial charge in [0.25, 0.3) is 0 Å². The molecule has 5 nitrogen and oxygen atoms in total. The van der Waals surface area contributed by atoms with Gasteiger partial charge >= 0.3 is 29.6 Å². The van der Waals surface area contributed by atoms with Gasteiger partial charge in [-0.05, 0) is 29.8 Å². The zero-order valence-corrected chi connectivity index (χ0v) is 13.5. The number of carboxylic acid groups (broad SMARTS) is 1. The normalized spacial score (nSPS) is 10.1. The second-order valence-electron chi connectivity index (χ2n) is 4.30. The molecule has 0 aliphatic rings. The fraction of sp³-hybridized carbons (Fsp3) is 0.0667. The van der Waals surface area contributed by atoms with Gasteiger partial charge in [0, 0.05) is 18.1 Å². The number of carbonyl (C=O) groups is 1. The molecule has 0 bridgehead atoms. The molecule has 100 valence electrons. The minimum absolute atomic E-state index is 0.